The molecule has 1 aliphatic heterocycles. The van der Waals surface area contributed by atoms with E-state index in [2.05, 4.69) is 5.92 Å². The highest BCUT2D eigenvalue weighted by Gasteiger charge is 2.35. The lowest BCUT2D eigenvalue weighted by Crippen LogP contribution is -2.40. The van der Waals surface area contributed by atoms with Gasteiger partial charge < -0.3 is 14.2 Å². The molecule has 7 nitrogen and oxygen atoms in total. The number of hydrogen-bond acceptors (Lipinski definition) is 7. The molecule has 212 valence electrons. The zero-order valence-corrected chi connectivity index (χ0v) is 23.8. The van der Waals surface area contributed by atoms with E-state index in [-0.39, 0.29) is 24.3 Å². The number of aromatic nitrogens is 1. The summed E-state index contributed by atoms with van der Waals surface area (Å²) in [6.07, 6.45) is 7.06. The van der Waals surface area contributed by atoms with Crippen LogP contribution in [-0.2, 0) is 9.53 Å². The van der Waals surface area contributed by atoms with Crippen molar-refractivity contribution in [3.63, 3.8) is 0 Å². The topological polar surface area (TPSA) is 79.1 Å². The molecule has 0 bridgehead atoms. The second kappa shape index (κ2) is 12.7. The van der Waals surface area contributed by atoms with Crippen molar-refractivity contribution in [2.75, 3.05) is 19.8 Å². The number of halogens is 1. The second-order valence-corrected chi connectivity index (χ2v) is 10.1. The lowest BCUT2D eigenvalue weighted by Gasteiger charge is -2.25. The largest absolute Gasteiger partial charge is 0.490 e. The van der Waals surface area contributed by atoms with Crippen LogP contribution in [0.15, 0.2) is 88.2 Å². The molecule has 0 fully saturated rings. The highest BCUT2D eigenvalue weighted by molar-refractivity contribution is 7.07. The van der Waals surface area contributed by atoms with Gasteiger partial charge in [-0.05, 0) is 55.3 Å². The summed E-state index contributed by atoms with van der Waals surface area (Å²) in [6.45, 7) is 4.20. The van der Waals surface area contributed by atoms with Crippen molar-refractivity contribution in [3.05, 3.63) is 121 Å². The van der Waals surface area contributed by atoms with Crippen LogP contribution in [0.4, 0.5) is 4.39 Å². The Kier molecular flexibility index (Phi) is 8.65. The number of fused-ring (bicyclic) bond motifs is 1. The van der Waals surface area contributed by atoms with Gasteiger partial charge in [0.2, 0.25) is 0 Å². The first-order valence-electron chi connectivity index (χ1n) is 13.3. The van der Waals surface area contributed by atoms with Gasteiger partial charge in [0.15, 0.2) is 16.3 Å². The van der Waals surface area contributed by atoms with Crippen molar-refractivity contribution in [2.24, 2.45) is 4.99 Å². The molecule has 9 heteroatoms. The Morgan fingerprint density at radius 3 is 2.50 bits per heavy atom. The van der Waals surface area contributed by atoms with Crippen LogP contribution in [0.3, 0.4) is 0 Å². The molecule has 4 aromatic rings. The second-order valence-electron chi connectivity index (χ2n) is 9.12. The summed E-state index contributed by atoms with van der Waals surface area (Å²) >= 11 is 1.19. The van der Waals surface area contributed by atoms with E-state index in [4.69, 9.17) is 25.6 Å². The molecule has 0 unspecified atom stereocenters. The van der Waals surface area contributed by atoms with Crippen LogP contribution in [0.5, 0.6) is 11.5 Å². The molecular formula is C33H27FN2O5S. The van der Waals surface area contributed by atoms with Gasteiger partial charge in [-0.15, -0.1) is 6.42 Å². The van der Waals surface area contributed by atoms with Gasteiger partial charge in [0.1, 0.15) is 12.4 Å². The summed E-state index contributed by atoms with van der Waals surface area (Å²) in [6, 6.07) is 19.4. The Morgan fingerprint density at radius 1 is 1.05 bits per heavy atom. The predicted molar refractivity (Wildman–Crippen MR) is 159 cm³/mol. The Morgan fingerprint density at radius 2 is 1.81 bits per heavy atom. The summed E-state index contributed by atoms with van der Waals surface area (Å²) in [4.78, 5) is 32.7. The van der Waals surface area contributed by atoms with Crippen LogP contribution in [-0.4, -0.2) is 30.4 Å². The molecule has 0 aliphatic carbocycles. The van der Waals surface area contributed by atoms with E-state index < -0.39 is 17.8 Å². The van der Waals surface area contributed by atoms with E-state index in [0.29, 0.717) is 49.8 Å². The number of benzene rings is 3. The van der Waals surface area contributed by atoms with Crippen molar-refractivity contribution in [1.82, 2.24) is 4.57 Å². The number of carbonyl (C=O) groups is 1. The quantitative estimate of drug-likeness (QED) is 0.215. The molecule has 0 saturated heterocycles. The Bertz CT molecular complexity index is 1870. The van der Waals surface area contributed by atoms with E-state index in [1.807, 2.05) is 37.3 Å². The highest BCUT2D eigenvalue weighted by atomic mass is 32.1. The van der Waals surface area contributed by atoms with Crippen molar-refractivity contribution < 1.29 is 23.4 Å². The first kappa shape index (κ1) is 28.6. The molecule has 42 heavy (non-hydrogen) atoms. The number of hydrogen-bond donors (Lipinski definition) is 0. The van der Waals surface area contributed by atoms with Gasteiger partial charge in [-0.25, -0.2) is 14.2 Å². The molecular weight excluding hydrogens is 555 g/mol. The minimum absolute atomic E-state index is 0.0912. The monoisotopic (exact) mass is 582 g/mol. The maximum atomic E-state index is 14.0. The zero-order valence-electron chi connectivity index (χ0n) is 23.0. The van der Waals surface area contributed by atoms with Gasteiger partial charge >= 0.3 is 5.97 Å². The lowest BCUT2D eigenvalue weighted by atomic mass is 9.93. The standard InChI is InChI=1S/C33H27FN2O5S/c1-4-18-41-25-17-12-21(19-26(25)39-5-2)20-27-31(37)36-30(23-13-15-24(34)16-14-23)28(32(38)40-6-3)29(35-33(36)42-27)22-10-8-7-9-11-22/h1,7-17,19-20,30H,5-6,18H2,2-3H3/b27-20-/t30-/m0/s1. The van der Waals surface area contributed by atoms with Crippen LogP contribution >= 0.6 is 11.3 Å². The molecule has 5 rings (SSSR count). The Balaban J connectivity index is 1.74. The summed E-state index contributed by atoms with van der Waals surface area (Å²) in [7, 11) is 0. The third-order valence-electron chi connectivity index (χ3n) is 6.44. The fraction of sp³-hybridized carbons (Fsp3) is 0.182. The van der Waals surface area contributed by atoms with Gasteiger partial charge in [0.25, 0.3) is 5.56 Å². The minimum Gasteiger partial charge on any atom is -0.490 e. The molecule has 1 aromatic heterocycles. The molecule has 0 saturated carbocycles. The molecule has 0 amide bonds. The Hall–Kier alpha value is -4.94. The van der Waals surface area contributed by atoms with E-state index in [0.717, 1.165) is 0 Å². The summed E-state index contributed by atoms with van der Waals surface area (Å²) < 4.78 is 32.6. The number of ether oxygens (including phenoxy) is 3. The van der Waals surface area contributed by atoms with Crippen molar-refractivity contribution in [1.29, 1.82) is 0 Å². The molecule has 1 atom stereocenters. The first-order chi connectivity index (χ1) is 20.4. The maximum Gasteiger partial charge on any atom is 0.338 e. The van der Waals surface area contributed by atoms with Crippen LogP contribution in [0.25, 0.3) is 11.8 Å². The van der Waals surface area contributed by atoms with Crippen molar-refractivity contribution >= 4 is 29.1 Å². The van der Waals surface area contributed by atoms with E-state index in [1.165, 1.54) is 28.0 Å². The average molecular weight is 583 g/mol. The lowest BCUT2D eigenvalue weighted by molar-refractivity contribution is -0.138. The van der Waals surface area contributed by atoms with Gasteiger partial charge in [0, 0.05) is 5.56 Å². The van der Waals surface area contributed by atoms with Gasteiger partial charge in [-0.1, -0.05) is 65.8 Å². The van der Waals surface area contributed by atoms with E-state index in [9.17, 15) is 14.0 Å². The summed E-state index contributed by atoms with van der Waals surface area (Å²) in [5.41, 5.74) is 2.17. The van der Waals surface area contributed by atoms with Crippen molar-refractivity contribution in [3.8, 4) is 23.8 Å². The van der Waals surface area contributed by atoms with E-state index >= 15 is 0 Å². The minimum atomic E-state index is -0.892. The maximum absolute atomic E-state index is 14.0. The zero-order chi connectivity index (χ0) is 29.6. The molecule has 0 spiro atoms. The Labute approximate surface area is 245 Å². The van der Waals surface area contributed by atoms with Gasteiger partial charge in [-0.3, -0.25) is 9.36 Å². The average Bonchev–Trinajstić information content (AvgIpc) is 3.31. The molecule has 1 aliphatic rings. The number of carbonyl (C=O) groups excluding carboxylic acids is 1. The van der Waals surface area contributed by atoms with Crippen LogP contribution in [0, 0.1) is 18.2 Å². The SMILES string of the molecule is C#CCOc1ccc(/C=c2\sc3n(c2=O)[C@@H](c2ccc(F)cc2)C(C(=O)OCC)=C(c2ccccc2)N=3)cc1OCC. The third kappa shape index (κ3) is 5.76. The van der Waals surface area contributed by atoms with Crippen LogP contribution in [0.2, 0.25) is 0 Å². The van der Waals surface area contributed by atoms with E-state index in [1.54, 1.807) is 43.3 Å². The van der Waals surface area contributed by atoms with Gasteiger partial charge in [-0.2, -0.15) is 0 Å². The summed E-state index contributed by atoms with van der Waals surface area (Å²) in [5, 5.41) is 0. The predicted octanol–water partition coefficient (Wildman–Crippen LogP) is 4.49. The fourth-order valence-electron chi connectivity index (χ4n) is 4.67. The molecule has 0 N–H and O–H groups in total. The number of terminal acetylenes is 1. The van der Waals surface area contributed by atoms with Crippen molar-refractivity contribution in [2.45, 2.75) is 19.9 Å². The molecule has 3 aromatic carbocycles. The fourth-order valence-corrected chi connectivity index (χ4v) is 5.67. The highest BCUT2D eigenvalue weighted by Crippen LogP contribution is 2.35. The normalized spacial score (nSPS) is 14.5. The number of esters is 1. The van der Waals surface area contributed by atoms with Crippen LogP contribution in [0.1, 0.15) is 36.6 Å². The number of rotatable bonds is 9. The van der Waals surface area contributed by atoms with Crippen LogP contribution < -0.4 is 24.4 Å². The number of nitrogens with zero attached hydrogens (tertiary/aromatic N) is 2. The first-order valence-corrected chi connectivity index (χ1v) is 14.1. The smallest absolute Gasteiger partial charge is 0.338 e. The number of thiazole rings is 1. The van der Waals surface area contributed by atoms with Gasteiger partial charge in [0.05, 0.1) is 35.1 Å². The molecule has 2 heterocycles. The molecule has 0 radical (unpaired) electrons. The third-order valence-corrected chi connectivity index (χ3v) is 7.42. The summed E-state index contributed by atoms with van der Waals surface area (Å²) in [5.74, 6) is 2.39.